The van der Waals surface area contributed by atoms with Crippen LogP contribution in [0.3, 0.4) is 0 Å². The fraction of sp³-hybridized carbons (Fsp3) is 0.700. The topological polar surface area (TPSA) is 536 Å². The Hall–Kier alpha value is -5.21. The Kier molecular flexibility index (Phi) is 62.0. The van der Waals surface area contributed by atoms with E-state index in [-0.39, 0.29) is 0 Å². The van der Waals surface area contributed by atoms with Gasteiger partial charge in [-0.25, -0.2) is 0 Å². The van der Waals surface area contributed by atoms with E-state index in [1.165, 1.54) is 0 Å². The van der Waals surface area contributed by atoms with Crippen LogP contribution in [0.15, 0.2) is 0 Å². The molecular formula is C30H60O29. The summed E-state index contributed by atoms with van der Waals surface area (Å²) in [5.74, 6) is -7.50. The Labute approximate surface area is 335 Å². The summed E-state index contributed by atoms with van der Waals surface area (Å²) >= 11 is 0. The number of carboxylic acid groups (broad SMARTS) is 9. The molecule has 0 aromatic carbocycles. The summed E-state index contributed by atoms with van der Waals surface area (Å²) in [5.41, 5.74) is 0. The number of aliphatic carboxylic acids is 9. The maximum atomic E-state index is 9.83. The lowest BCUT2D eigenvalue weighted by atomic mass is 9.98. The number of hydrogen-bond acceptors (Lipinski definition) is 20. The van der Waals surface area contributed by atoms with Gasteiger partial charge in [0, 0.05) is 62.3 Å². The van der Waals surface area contributed by atoms with Crippen molar-refractivity contribution in [1.82, 2.24) is 0 Å². The zero-order chi connectivity index (χ0) is 49.9. The molecule has 0 bridgehead atoms. The molecule has 0 aromatic rings. The summed E-state index contributed by atoms with van der Waals surface area (Å²) in [6.45, 7) is 7.30. The highest BCUT2D eigenvalue weighted by atomic mass is 16.7. The average Bonchev–Trinajstić information content (AvgIpc) is 3.00. The quantitative estimate of drug-likeness (QED) is 0.109. The molecule has 1 aliphatic heterocycles. The molecule has 1 heterocycles. The van der Waals surface area contributed by atoms with Crippen LogP contribution in [-0.4, -0.2) is 221 Å². The molecule has 59 heavy (non-hydrogen) atoms. The molecule has 29 heteroatoms. The zero-order valence-electron chi connectivity index (χ0n) is 33.4. The lowest BCUT2D eigenvalue weighted by molar-refractivity contribution is -0.327. The number of aliphatic hydroxyl groups is 9. The predicted octanol–water partition coefficient (Wildman–Crippen LogP) is -4.94. The van der Waals surface area contributed by atoms with E-state index in [9.17, 15) is 30.6 Å². The molecule has 0 radical (unpaired) electrons. The van der Waals surface area contributed by atoms with Gasteiger partial charge >= 0.3 is 0 Å². The number of ether oxygens (including phenoxy) is 2. The minimum Gasteiger partial charge on any atom is -0.481 e. The normalized spacial score (nSPS) is 18.3. The van der Waals surface area contributed by atoms with Gasteiger partial charge in [0.05, 0.1) is 19.8 Å². The first-order valence-corrected chi connectivity index (χ1v) is 15.3. The van der Waals surface area contributed by atoms with Crippen molar-refractivity contribution in [2.75, 3.05) is 19.8 Å². The van der Waals surface area contributed by atoms with E-state index in [1.807, 2.05) is 0 Å². The largest absolute Gasteiger partial charge is 0.481 e. The van der Waals surface area contributed by atoms with Gasteiger partial charge in [-0.05, 0) is 0 Å². The first kappa shape index (κ1) is 74.7. The van der Waals surface area contributed by atoms with Gasteiger partial charge in [-0.2, -0.15) is 0 Å². The van der Waals surface area contributed by atoms with Crippen molar-refractivity contribution in [3.8, 4) is 0 Å². The van der Waals surface area contributed by atoms with Crippen molar-refractivity contribution in [2.24, 2.45) is 0 Å². The van der Waals surface area contributed by atoms with Crippen LogP contribution >= 0.6 is 0 Å². The van der Waals surface area contributed by atoms with Gasteiger partial charge in [0.15, 0.2) is 6.29 Å². The molecule has 1 saturated heterocycles. The second-order valence-electron chi connectivity index (χ2n) is 9.96. The van der Waals surface area contributed by atoms with Crippen LogP contribution in [0.2, 0.25) is 0 Å². The van der Waals surface area contributed by atoms with E-state index in [0.29, 0.717) is 0 Å². The lowest BCUT2D eigenvalue weighted by Crippen LogP contribution is -2.61. The van der Waals surface area contributed by atoms with Gasteiger partial charge in [0.2, 0.25) is 0 Å². The van der Waals surface area contributed by atoms with Crippen molar-refractivity contribution < 1.29 is 145 Å². The minimum absolute atomic E-state index is 0.708. The van der Waals surface area contributed by atoms with E-state index in [0.717, 1.165) is 62.3 Å². The summed E-state index contributed by atoms with van der Waals surface area (Å²) in [6, 6.07) is 0. The smallest absolute Gasteiger partial charge is 0.300 e. The molecule has 0 unspecified atom stereocenters. The fourth-order valence-corrected chi connectivity index (χ4v) is 2.16. The Morgan fingerprint density at radius 1 is 0.441 bits per heavy atom. The molecule has 0 amide bonds. The second kappa shape index (κ2) is 48.9. The second-order valence-corrected chi connectivity index (χ2v) is 9.96. The van der Waals surface area contributed by atoms with Crippen molar-refractivity contribution in [1.29, 1.82) is 0 Å². The summed E-state index contributed by atoms with van der Waals surface area (Å²) in [6.07, 6.45) is -15.1. The van der Waals surface area contributed by atoms with E-state index >= 15 is 0 Å². The summed E-state index contributed by atoms with van der Waals surface area (Å²) in [5, 5.41) is 152. The van der Waals surface area contributed by atoms with E-state index in [1.54, 1.807) is 0 Å². The van der Waals surface area contributed by atoms with Gasteiger partial charge in [0.1, 0.15) is 48.8 Å². The molecule has 0 saturated carbocycles. The molecule has 0 aromatic heterocycles. The van der Waals surface area contributed by atoms with E-state index in [4.69, 9.17) is 114 Å². The molecule has 354 valence electrons. The first-order valence-electron chi connectivity index (χ1n) is 15.3. The Bertz CT molecular complexity index is 919. The molecule has 1 rings (SSSR count). The molecule has 29 nitrogen and oxygen atoms in total. The highest BCUT2D eigenvalue weighted by Gasteiger charge is 2.46. The molecule has 1 fully saturated rings. The van der Waals surface area contributed by atoms with Crippen molar-refractivity contribution >= 4 is 53.7 Å². The van der Waals surface area contributed by atoms with Crippen LogP contribution in [-0.2, 0) is 52.6 Å². The summed E-state index contributed by atoms with van der Waals surface area (Å²) in [7, 11) is 0. The zero-order valence-corrected chi connectivity index (χ0v) is 33.4. The fourth-order valence-electron chi connectivity index (χ4n) is 2.16. The summed E-state index contributed by atoms with van der Waals surface area (Å²) in [4.78, 5) is 81.0. The first-order chi connectivity index (χ1) is 26.4. The third kappa shape index (κ3) is 101. The molecule has 0 spiro atoms. The van der Waals surface area contributed by atoms with E-state index < -0.39 is 129 Å². The van der Waals surface area contributed by atoms with Crippen molar-refractivity contribution in [3.63, 3.8) is 0 Å². The Balaban J connectivity index is -0.0000000807. The minimum atomic E-state index is -1.85. The van der Waals surface area contributed by atoms with Crippen LogP contribution in [0.4, 0.5) is 0 Å². The van der Waals surface area contributed by atoms with E-state index in [2.05, 4.69) is 0 Å². The van der Waals surface area contributed by atoms with Crippen LogP contribution in [0.5, 0.6) is 0 Å². The van der Waals surface area contributed by atoms with Gasteiger partial charge in [-0.1, -0.05) is 0 Å². The van der Waals surface area contributed by atoms with Crippen LogP contribution in [0.1, 0.15) is 62.3 Å². The molecular weight excluding hydrogens is 824 g/mol. The number of rotatable bonds is 8. The van der Waals surface area contributed by atoms with Gasteiger partial charge < -0.3 is 101 Å². The van der Waals surface area contributed by atoms with Crippen molar-refractivity contribution in [3.05, 3.63) is 0 Å². The Morgan fingerprint density at radius 2 is 0.661 bits per heavy atom. The van der Waals surface area contributed by atoms with Crippen LogP contribution in [0, 0.1) is 0 Å². The maximum absolute atomic E-state index is 9.83. The highest BCUT2D eigenvalue weighted by molar-refractivity contribution is 5.64. The molecule has 18 N–H and O–H groups in total. The maximum Gasteiger partial charge on any atom is 0.300 e. The van der Waals surface area contributed by atoms with Gasteiger partial charge in [0.25, 0.3) is 53.7 Å². The standard InChI is InChI=1S/C12H24O11.9C2H4O2/c13-1-4(16)7(18)11(5(17)2-14)23-12-10(21)9(20)8(19)6(3-15)22-12;9*1-2(3)4/h4-21H,1-3H2;9*1H3,(H,3,4)/t4-,5+,6+,7+,8-,9-,10+,11+,12-;;;;;;;;;/m0........./s1. The Morgan fingerprint density at radius 3 is 0.847 bits per heavy atom. The third-order valence-corrected chi connectivity index (χ3v) is 3.62. The molecule has 9 atom stereocenters. The van der Waals surface area contributed by atoms with Gasteiger partial charge in [-0.15, -0.1) is 0 Å². The molecule has 0 aliphatic carbocycles. The summed E-state index contributed by atoms with van der Waals surface area (Å²) < 4.78 is 10.1. The number of aliphatic hydroxyl groups excluding tert-OH is 9. The number of carboxylic acids is 9. The lowest BCUT2D eigenvalue weighted by Gasteiger charge is -2.42. The van der Waals surface area contributed by atoms with Crippen molar-refractivity contribution in [2.45, 2.75) is 117 Å². The monoisotopic (exact) mass is 884 g/mol. The van der Waals surface area contributed by atoms with Crippen LogP contribution < -0.4 is 0 Å². The third-order valence-electron chi connectivity index (χ3n) is 3.62. The molecule has 1 aliphatic rings. The van der Waals surface area contributed by atoms with Gasteiger partial charge in [-0.3, -0.25) is 43.2 Å². The van der Waals surface area contributed by atoms with Crippen LogP contribution in [0.25, 0.3) is 0 Å². The SMILES string of the molecule is CC(=O)O.CC(=O)O.CC(=O)O.CC(=O)O.CC(=O)O.CC(=O)O.CC(=O)O.CC(=O)O.CC(=O)O.OC[C@@H](O)[C@@H](O[C@@H]1O[C@H](CO)[C@H](O)[C@H](O)[C@H]1O)[C@H](O)[C@@H](O)CO. The highest BCUT2D eigenvalue weighted by Crippen LogP contribution is 2.24. The number of carbonyl (C=O) groups is 9. The average molecular weight is 885 g/mol. The number of hydrogen-bond donors (Lipinski definition) is 18. The predicted molar refractivity (Wildman–Crippen MR) is 191 cm³/mol.